The highest BCUT2D eigenvalue weighted by Crippen LogP contribution is 2.30. The van der Waals surface area contributed by atoms with Crippen molar-refractivity contribution in [2.24, 2.45) is 0 Å². The maximum Gasteiger partial charge on any atom is 0.416 e. The number of piperazine rings is 1. The van der Waals surface area contributed by atoms with Crippen molar-refractivity contribution in [3.8, 4) is 0 Å². The lowest BCUT2D eigenvalue weighted by Gasteiger charge is -2.33. The molecular weight excluding hydrogens is 355 g/mol. The van der Waals surface area contributed by atoms with Crippen molar-refractivity contribution in [2.45, 2.75) is 13.1 Å². The third kappa shape index (κ3) is 4.87. The largest absolute Gasteiger partial charge is 0.450 e. The van der Waals surface area contributed by atoms with Gasteiger partial charge in [0.05, 0.1) is 12.2 Å². The van der Waals surface area contributed by atoms with Crippen LogP contribution in [0.2, 0.25) is 0 Å². The van der Waals surface area contributed by atoms with Gasteiger partial charge in [0.15, 0.2) is 0 Å². The Morgan fingerprint density at radius 3 is 2.31 bits per heavy atom. The van der Waals surface area contributed by atoms with Gasteiger partial charge >= 0.3 is 24.1 Å². The van der Waals surface area contributed by atoms with E-state index in [0.717, 1.165) is 18.2 Å². The monoisotopic (exact) mass is 373 g/mol. The van der Waals surface area contributed by atoms with Crippen LogP contribution in [-0.2, 0) is 20.5 Å². The van der Waals surface area contributed by atoms with Crippen molar-refractivity contribution in [1.29, 1.82) is 0 Å². The van der Waals surface area contributed by atoms with Gasteiger partial charge in [-0.1, -0.05) is 6.07 Å². The summed E-state index contributed by atoms with van der Waals surface area (Å²) >= 11 is 0. The topological polar surface area (TPSA) is 79.0 Å². The maximum absolute atomic E-state index is 12.7. The SMILES string of the molecule is CCOC(=O)N1CCN(C(=O)C(=O)Nc2cccc(C(F)(F)F)c2)CC1. The predicted molar refractivity (Wildman–Crippen MR) is 85.2 cm³/mol. The molecule has 0 radical (unpaired) electrons. The number of benzene rings is 1. The standard InChI is InChI=1S/C16H18F3N3O4/c1-2-26-15(25)22-8-6-21(7-9-22)14(24)13(23)20-12-5-3-4-11(10-12)16(17,18)19/h3-5,10H,2,6-9H2,1H3,(H,20,23). The summed E-state index contributed by atoms with van der Waals surface area (Å²) in [5, 5.41) is 2.17. The fourth-order valence-electron chi connectivity index (χ4n) is 2.41. The number of nitrogens with zero attached hydrogens (tertiary/aromatic N) is 2. The van der Waals surface area contributed by atoms with Gasteiger partial charge in [-0.15, -0.1) is 0 Å². The quantitative estimate of drug-likeness (QED) is 0.804. The minimum Gasteiger partial charge on any atom is -0.450 e. The van der Waals surface area contributed by atoms with Crippen LogP contribution in [-0.4, -0.2) is 60.5 Å². The Morgan fingerprint density at radius 2 is 1.73 bits per heavy atom. The molecule has 10 heteroatoms. The maximum atomic E-state index is 12.7. The summed E-state index contributed by atoms with van der Waals surface area (Å²) in [6.07, 6.45) is -5.04. The lowest BCUT2D eigenvalue weighted by atomic mass is 10.2. The van der Waals surface area contributed by atoms with E-state index in [4.69, 9.17) is 4.74 Å². The molecule has 2 rings (SSSR count). The van der Waals surface area contributed by atoms with Gasteiger partial charge in [-0.3, -0.25) is 9.59 Å². The van der Waals surface area contributed by atoms with Gasteiger partial charge in [0.2, 0.25) is 0 Å². The van der Waals surface area contributed by atoms with Gasteiger partial charge in [0.25, 0.3) is 0 Å². The summed E-state index contributed by atoms with van der Waals surface area (Å²) < 4.78 is 42.9. The molecule has 1 fully saturated rings. The van der Waals surface area contributed by atoms with Crippen LogP contribution in [0.1, 0.15) is 12.5 Å². The number of amides is 3. The molecule has 7 nitrogen and oxygen atoms in total. The molecule has 1 heterocycles. The number of carbonyl (C=O) groups excluding carboxylic acids is 3. The Bertz CT molecular complexity index is 686. The van der Waals surface area contributed by atoms with E-state index in [1.54, 1.807) is 6.92 Å². The molecule has 1 saturated heterocycles. The highest BCUT2D eigenvalue weighted by atomic mass is 19.4. The van der Waals surface area contributed by atoms with Gasteiger partial charge in [-0.25, -0.2) is 4.79 Å². The smallest absolute Gasteiger partial charge is 0.416 e. The summed E-state index contributed by atoms with van der Waals surface area (Å²) in [7, 11) is 0. The third-order valence-corrected chi connectivity index (χ3v) is 3.73. The summed E-state index contributed by atoms with van der Waals surface area (Å²) in [6.45, 7) is 2.59. The molecule has 0 atom stereocenters. The van der Waals surface area contributed by atoms with E-state index < -0.39 is 29.6 Å². The Hall–Kier alpha value is -2.78. The minimum absolute atomic E-state index is 0.122. The first-order chi connectivity index (χ1) is 12.2. The zero-order chi connectivity index (χ0) is 19.3. The highest BCUT2D eigenvalue weighted by molar-refractivity contribution is 6.39. The molecule has 1 aliphatic rings. The van der Waals surface area contributed by atoms with Crippen LogP contribution >= 0.6 is 0 Å². The molecule has 1 aliphatic heterocycles. The van der Waals surface area contributed by atoms with Crippen LogP contribution in [0.4, 0.5) is 23.7 Å². The number of ether oxygens (including phenoxy) is 1. The van der Waals surface area contributed by atoms with Crippen LogP contribution in [0.25, 0.3) is 0 Å². The molecule has 0 unspecified atom stereocenters. The van der Waals surface area contributed by atoms with Gasteiger partial charge in [-0.2, -0.15) is 13.2 Å². The first-order valence-electron chi connectivity index (χ1n) is 7.91. The third-order valence-electron chi connectivity index (χ3n) is 3.73. The first-order valence-corrected chi connectivity index (χ1v) is 7.91. The van der Waals surface area contributed by atoms with Crippen molar-refractivity contribution in [2.75, 3.05) is 38.1 Å². The average Bonchev–Trinajstić information content (AvgIpc) is 2.61. The van der Waals surface area contributed by atoms with E-state index in [9.17, 15) is 27.6 Å². The molecule has 3 amide bonds. The molecule has 0 aliphatic carbocycles. The Morgan fingerprint density at radius 1 is 1.12 bits per heavy atom. The molecule has 0 bridgehead atoms. The minimum atomic E-state index is -4.55. The molecule has 0 saturated carbocycles. The van der Waals surface area contributed by atoms with Gasteiger partial charge in [0.1, 0.15) is 0 Å². The second kappa shape index (κ2) is 8.07. The van der Waals surface area contributed by atoms with E-state index in [-0.39, 0.29) is 38.5 Å². The molecule has 142 valence electrons. The van der Waals surface area contributed by atoms with E-state index in [1.807, 2.05) is 0 Å². The summed E-state index contributed by atoms with van der Waals surface area (Å²) in [4.78, 5) is 38.4. The van der Waals surface area contributed by atoms with E-state index >= 15 is 0 Å². The van der Waals surface area contributed by atoms with E-state index in [2.05, 4.69) is 5.32 Å². The molecule has 0 spiro atoms. The number of halogens is 3. The van der Waals surface area contributed by atoms with Crippen molar-refractivity contribution >= 4 is 23.6 Å². The molecule has 1 aromatic carbocycles. The normalized spacial score (nSPS) is 14.8. The van der Waals surface area contributed by atoms with E-state index in [0.29, 0.717) is 0 Å². The molecule has 1 aromatic rings. The number of anilines is 1. The Kier molecular flexibility index (Phi) is 6.06. The van der Waals surface area contributed by atoms with Crippen molar-refractivity contribution in [1.82, 2.24) is 9.80 Å². The fourth-order valence-corrected chi connectivity index (χ4v) is 2.41. The van der Waals surface area contributed by atoms with Crippen LogP contribution in [0, 0.1) is 0 Å². The fraction of sp³-hybridized carbons (Fsp3) is 0.438. The van der Waals surface area contributed by atoms with Crippen LogP contribution < -0.4 is 5.32 Å². The van der Waals surface area contributed by atoms with Crippen molar-refractivity contribution < 1.29 is 32.3 Å². The number of hydrogen-bond acceptors (Lipinski definition) is 4. The highest BCUT2D eigenvalue weighted by Gasteiger charge is 2.31. The summed E-state index contributed by atoms with van der Waals surface area (Å²) in [5.41, 5.74) is -1.05. The van der Waals surface area contributed by atoms with Crippen LogP contribution in [0.5, 0.6) is 0 Å². The van der Waals surface area contributed by atoms with Crippen LogP contribution in [0.15, 0.2) is 24.3 Å². The van der Waals surface area contributed by atoms with E-state index in [1.165, 1.54) is 15.9 Å². The van der Waals surface area contributed by atoms with Crippen LogP contribution in [0.3, 0.4) is 0 Å². The zero-order valence-corrected chi connectivity index (χ0v) is 14.0. The van der Waals surface area contributed by atoms with Gasteiger partial charge in [0, 0.05) is 31.9 Å². The molecule has 26 heavy (non-hydrogen) atoms. The zero-order valence-electron chi connectivity index (χ0n) is 14.0. The first kappa shape index (κ1) is 19.5. The number of hydrogen-bond donors (Lipinski definition) is 1. The molecular formula is C16H18F3N3O4. The Labute approximate surface area is 147 Å². The number of nitrogens with one attached hydrogen (secondary N) is 1. The van der Waals surface area contributed by atoms with Gasteiger partial charge < -0.3 is 19.9 Å². The second-order valence-electron chi connectivity index (χ2n) is 5.51. The summed E-state index contributed by atoms with van der Waals surface area (Å²) in [5.74, 6) is -1.90. The van der Waals surface area contributed by atoms with Crippen molar-refractivity contribution in [3.05, 3.63) is 29.8 Å². The summed E-state index contributed by atoms with van der Waals surface area (Å²) in [6, 6.07) is 4.02. The number of carbonyl (C=O) groups is 3. The lowest BCUT2D eigenvalue weighted by molar-refractivity contribution is -0.144. The predicted octanol–water partition coefficient (Wildman–Crippen LogP) is 1.94. The second-order valence-corrected chi connectivity index (χ2v) is 5.51. The Balaban J connectivity index is 1.93. The lowest BCUT2D eigenvalue weighted by Crippen LogP contribution is -2.53. The molecule has 0 aromatic heterocycles. The number of rotatable bonds is 2. The number of alkyl halides is 3. The molecule has 1 N–H and O–H groups in total. The average molecular weight is 373 g/mol. The van der Waals surface area contributed by atoms with Gasteiger partial charge in [-0.05, 0) is 25.1 Å². The van der Waals surface area contributed by atoms with Crippen molar-refractivity contribution in [3.63, 3.8) is 0 Å².